The van der Waals surface area contributed by atoms with Crippen LogP contribution in [-0.2, 0) is 14.6 Å². The maximum Gasteiger partial charge on any atom is 0.244 e. The van der Waals surface area contributed by atoms with Gasteiger partial charge in [-0.05, 0) is 24.5 Å². The molecule has 1 heterocycles. The summed E-state index contributed by atoms with van der Waals surface area (Å²) in [5.74, 6) is -0.782. The van der Waals surface area contributed by atoms with Gasteiger partial charge in [0.05, 0.1) is 23.6 Å². The zero-order valence-electron chi connectivity index (χ0n) is 10.7. The summed E-state index contributed by atoms with van der Waals surface area (Å²) in [4.78, 5) is 11.7. The Hall–Kier alpha value is -1.69. The molecule has 0 spiro atoms. The first-order valence-electron chi connectivity index (χ1n) is 6.07. The van der Waals surface area contributed by atoms with Gasteiger partial charge in [0.1, 0.15) is 0 Å². The molecule has 1 aromatic rings. The molecule has 1 aliphatic rings. The lowest BCUT2D eigenvalue weighted by Crippen LogP contribution is -2.27. The second-order valence-electron chi connectivity index (χ2n) is 4.69. The molecular weight excluding hydrogens is 264 g/mol. The first kappa shape index (κ1) is 13.7. The largest absolute Gasteiger partial charge is 0.273 e. The fraction of sp³-hybridized carbons (Fsp3) is 0.385. The van der Waals surface area contributed by atoms with Gasteiger partial charge in [-0.1, -0.05) is 24.3 Å². The fourth-order valence-corrected chi connectivity index (χ4v) is 3.73. The van der Waals surface area contributed by atoms with Crippen LogP contribution in [0.25, 0.3) is 0 Å². The number of carbonyl (C=O) groups excluding carboxylic acids is 1. The van der Waals surface area contributed by atoms with E-state index in [9.17, 15) is 13.2 Å². The van der Waals surface area contributed by atoms with Crippen LogP contribution >= 0.6 is 0 Å². The van der Waals surface area contributed by atoms with Crippen LogP contribution < -0.4 is 5.43 Å². The monoisotopic (exact) mass is 280 g/mol. The average molecular weight is 280 g/mol. The van der Waals surface area contributed by atoms with Crippen molar-refractivity contribution in [2.45, 2.75) is 13.3 Å². The number of hydrogen-bond donors (Lipinski definition) is 1. The van der Waals surface area contributed by atoms with Gasteiger partial charge in [0.25, 0.3) is 0 Å². The molecule has 19 heavy (non-hydrogen) atoms. The Morgan fingerprint density at radius 1 is 1.42 bits per heavy atom. The Kier molecular flexibility index (Phi) is 3.99. The van der Waals surface area contributed by atoms with Gasteiger partial charge >= 0.3 is 0 Å². The SMILES string of the molecule is Cc1ccccc1/C=N\NC(=O)[C@H]1CCS(=O)(=O)C1. The van der Waals surface area contributed by atoms with Crippen molar-refractivity contribution >= 4 is 22.0 Å². The molecule has 1 N–H and O–H groups in total. The zero-order chi connectivity index (χ0) is 13.9. The number of sulfone groups is 1. The van der Waals surface area contributed by atoms with Crippen molar-refractivity contribution < 1.29 is 13.2 Å². The highest BCUT2D eigenvalue weighted by atomic mass is 32.2. The van der Waals surface area contributed by atoms with E-state index in [0.717, 1.165) is 11.1 Å². The Labute approximate surface area is 112 Å². The quantitative estimate of drug-likeness (QED) is 0.659. The lowest BCUT2D eigenvalue weighted by atomic mass is 10.1. The molecule has 1 aromatic carbocycles. The summed E-state index contributed by atoms with van der Waals surface area (Å²) in [5.41, 5.74) is 4.38. The third-order valence-corrected chi connectivity index (χ3v) is 4.94. The summed E-state index contributed by atoms with van der Waals surface area (Å²) in [6.07, 6.45) is 1.95. The third kappa shape index (κ3) is 3.64. The highest BCUT2D eigenvalue weighted by Crippen LogP contribution is 2.18. The number of rotatable bonds is 3. The number of hydrazone groups is 1. The van der Waals surface area contributed by atoms with E-state index in [1.54, 1.807) is 6.21 Å². The second-order valence-corrected chi connectivity index (χ2v) is 6.92. The minimum Gasteiger partial charge on any atom is -0.273 e. The number of nitrogens with one attached hydrogen (secondary N) is 1. The molecule has 2 rings (SSSR count). The number of hydrogen-bond acceptors (Lipinski definition) is 4. The Bertz CT molecular complexity index is 608. The van der Waals surface area contributed by atoms with Gasteiger partial charge < -0.3 is 0 Å². The van der Waals surface area contributed by atoms with Crippen molar-refractivity contribution in [2.75, 3.05) is 11.5 Å². The van der Waals surface area contributed by atoms with Crippen LogP contribution in [0.5, 0.6) is 0 Å². The van der Waals surface area contributed by atoms with Crippen LogP contribution in [0.2, 0.25) is 0 Å². The van der Waals surface area contributed by atoms with E-state index in [-0.39, 0.29) is 17.4 Å². The Morgan fingerprint density at radius 3 is 2.79 bits per heavy atom. The summed E-state index contributed by atoms with van der Waals surface area (Å²) in [6.45, 7) is 1.95. The molecule has 1 fully saturated rings. The first-order valence-corrected chi connectivity index (χ1v) is 7.89. The van der Waals surface area contributed by atoms with E-state index >= 15 is 0 Å². The molecule has 6 heteroatoms. The molecule has 1 atom stereocenters. The lowest BCUT2D eigenvalue weighted by Gasteiger charge is -2.04. The third-order valence-electron chi connectivity index (χ3n) is 3.17. The summed E-state index contributed by atoms with van der Waals surface area (Å²) in [5, 5.41) is 3.88. The molecule has 0 unspecified atom stereocenters. The van der Waals surface area contributed by atoms with Crippen LogP contribution in [0.1, 0.15) is 17.5 Å². The summed E-state index contributed by atoms with van der Waals surface area (Å²) < 4.78 is 22.5. The number of aryl methyl sites for hydroxylation is 1. The molecular formula is C13H16N2O3S. The van der Waals surface area contributed by atoms with Crippen molar-refractivity contribution in [1.29, 1.82) is 0 Å². The zero-order valence-corrected chi connectivity index (χ0v) is 11.5. The predicted molar refractivity (Wildman–Crippen MR) is 73.7 cm³/mol. The van der Waals surface area contributed by atoms with Crippen molar-refractivity contribution in [2.24, 2.45) is 11.0 Å². The number of nitrogens with zero attached hydrogens (tertiary/aromatic N) is 1. The first-order chi connectivity index (χ1) is 8.98. The Morgan fingerprint density at radius 2 is 2.16 bits per heavy atom. The Balaban J connectivity index is 1.93. The molecule has 1 aliphatic heterocycles. The van der Waals surface area contributed by atoms with Crippen LogP contribution in [0.4, 0.5) is 0 Å². The summed E-state index contributed by atoms with van der Waals surface area (Å²) >= 11 is 0. The van der Waals surface area contributed by atoms with E-state index in [1.807, 2.05) is 31.2 Å². The van der Waals surface area contributed by atoms with Crippen LogP contribution in [0, 0.1) is 12.8 Å². The van der Waals surface area contributed by atoms with Crippen molar-refractivity contribution in [1.82, 2.24) is 5.43 Å². The molecule has 1 saturated heterocycles. The highest BCUT2D eigenvalue weighted by Gasteiger charge is 2.32. The topological polar surface area (TPSA) is 75.6 Å². The average Bonchev–Trinajstić information content (AvgIpc) is 2.72. The molecule has 1 amide bonds. The van der Waals surface area contributed by atoms with E-state index < -0.39 is 15.8 Å². The van der Waals surface area contributed by atoms with Crippen molar-refractivity contribution in [3.8, 4) is 0 Å². The van der Waals surface area contributed by atoms with E-state index in [4.69, 9.17) is 0 Å². The second kappa shape index (κ2) is 5.52. The maximum atomic E-state index is 11.7. The van der Waals surface area contributed by atoms with Gasteiger partial charge in [0.15, 0.2) is 9.84 Å². The smallest absolute Gasteiger partial charge is 0.244 e. The molecule has 5 nitrogen and oxygen atoms in total. The molecule has 102 valence electrons. The normalized spacial score (nSPS) is 21.6. The molecule has 0 saturated carbocycles. The molecule has 0 aromatic heterocycles. The van der Waals surface area contributed by atoms with Gasteiger partial charge in [0.2, 0.25) is 5.91 Å². The number of amides is 1. The maximum absolute atomic E-state index is 11.7. The minimum atomic E-state index is -3.04. The lowest BCUT2D eigenvalue weighted by molar-refractivity contribution is -0.124. The van der Waals surface area contributed by atoms with Gasteiger partial charge in [-0.25, -0.2) is 13.8 Å². The van der Waals surface area contributed by atoms with E-state index in [2.05, 4.69) is 10.5 Å². The van der Waals surface area contributed by atoms with Crippen molar-refractivity contribution in [3.63, 3.8) is 0 Å². The van der Waals surface area contributed by atoms with Gasteiger partial charge in [-0.2, -0.15) is 5.10 Å². The molecule has 0 radical (unpaired) electrons. The predicted octanol–water partition coefficient (Wildman–Crippen LogP) is 0.880. The number of benzene rings is 1. The van der Waals surface area contributed by atoms with Crippen LogP contribution in [-0.4, -0.2) is 32.0 Å². The highest BCUT2D eigenvalue weighted by molar-refractivity contribution is 7.91. The standard InChI is InChI=1S/C13H16N2O3S/c1-10-4-2-3-5-11(10)8-14-15-13(16)12-6-7-19(17,18)9-12/h2-5,8,12H,6-7,9H2,1H3,(H,15,16)/b14-8-/t12-/m0/s1. The minimum absolute atomic E-state index is 0.0707. The van der Waals surface area contributed by atoms with E-state index in [0.29, 0.717) is 6.42 Å². The van der Waals surface area contributed by atoms with Crippen LogP contribution in [0.3, 0.4) is 0 Å². The fourth-order valence-electron chi connectivity index (χ4n) is 1.99. The van der Waals surface area contributed by atoms with E-state index in [1.165, 1.54) is 0 Å². The number of carbonyl (C=O) groups is 1. The van der Waals surface area contributed by atoms with Gasteiger partial charge in [-0.15, -0.1) is 0 Å². The van der Waals surface area contributed by atoms with Crippen LogP contribution in [0.15, 0.2) is 29.4 Å². The van der Waals surface area contributed by atoms with Crippen molar-refractivity contribution in [3.05, 3.63) is 35.4 Å². The van der Waals surface area contributed by atoms with Gasteiger partial charge in [0, 0.05) is 0 Å². The van der Waals surface area contributed by atoms with Gasteiger partial charge in [-0.3, -0.25) is 4.79 Å². The molecule has 0 aliphatic carbocycles. The summed E-state index contributed by atoms with van der Waals surface area (Å²) in [7, 11) is -3.04. The summed E-state index contributed by atoms with van der Waals surface area (Å²) in [6, 6.07) is 7.66. The molecule has 0 bridgehead atoms.